The predicted molar refractivity (Wildman–Crippen MR) is 394 cm³/mol. The standard InChI is InChI=1S/C15H19ClN2O4S.C14H15ClFNO.2C14H17ClN2O2.C7H2ClF2N.C7H14O.C2H5NO2/c1-23(19,20)18-15-11-7-12(16)14(8-13(11)22-17-15)21-9-10-5-3-2-4-6-10;15-12-6-11(8-17)13(16)7-14(12)18-9-10-4-2-1-3-5-10;2*15-11-6-10-12(19-17-14(10)16)7-13(11)18-8-9-4-2-1-3-5-9;8-5-1-4(3-11)6(9)2-7(5)10;8-6-7-4-2-1-3-5-7;1-2(4)3-5/h7-8,10H,2-6,9H2,1H3,(H,17,18);6-7,10H,1-5,9H2;2*6-7,9H,1-5,8H2,(H2,16,17);1-2H;7-8H,1-6H2;5H,1H3,(H,3,4). The SMILES string of the molecule is CC(=O)NO.CS(=O)(=O)Nc1noc2cc(OCC3CCCCC3)c(Cl)cc12.N#Cc1cc(Cl)c(F)cc1F.N#Cc1cc(Cl)c(OCC2CCCCC2)cc1F.Nc1noc2cc(OCC3CCCCC3)c(Cl)cc12.Nc1noc2cc(OCC3CCCCC3)c(Cl)cc12.OCC1CCCCC1. The molecular formula is C73H89Cl5F3N9O12S. The molecule has 0 saturated heterocycles. The number of hydrogen-bond acceptors (Lipinski definition) is 19. The van der Waals surface area contributed by atoms with Crippen LogP contribution >= 0.6 is 58.0 Å². The quantitative estimate of drug-likeness (QED) is 0.0315. The molecule has 3 heterocycles. The number of hydrogen-bond donors (Lipinski definition) is 6. The average molecular weight is 1550 g/mol. The Kier molecular flexibility index (Phi) is 34.3. The van der Waals surface area contributed by atoms with Crippen molar-refractivity contribution in [3.05, 3.63) is 114 Å². The fourth-order valence-electron chi connectivity index (χ4n) is 12.4. The van der Waals surface area contributed by atoms with E-state index in [2.05, 4.69) is 20.2 Å². The van der Waals surface area contributed by atoms with Crippen molar-refractivity contribution in [2.75, 3.05) is 55.5 Å². The Morgan fingerprint density at radius 1 is 0.495 bits per heavy atom. The molecule has 0 atom stereocenters. The Morgan fingerprint density at radius 2 is 0.796 bits per heavy atom. The summed E-state index contributed by atoms with van der Waals surface area (Å²) in [5, 5.41) is 47.9. The second-order valence-electron chi connectivity index (χ2n) is 26.2. The van der Waals surface area contributed by atoms with Crippen molar-refractivity contribution in [1.29, 1.82) is 10.5 Å². The number of nitrogen functional groups attached to an aromatic ring is 2. The number of nitrogens with zero attached hydrogens (tertiary/aromatic N) is 5. The van der Waals surface area contributed by atoms with Crippen molar-refractivity contribution in [3.8, 4) is 35.1 Å². The fourth-order valence-corrected chi connectivity index (χ4v) is 13.9. The molecular weight excluding hydrogens is 1460 g/mol. The molecule has 0 radical (unpaired) electrons. The number of nitrogens with one attached hydrogen (secondary N) is 2. The van der Waals surface area contributed by atoms with Crippen LogP contribution in [0.5, 0.6) is 23.0 Å². The molecule has 560 valence electrons. The van der Waals surface area contributed by atoms with Gasteiger partial charge in [-0.1, -0.05) is 170 Å². The molecule has 5 saturated carbocycles. The molecule has 8 aromatic rings. The van der Waals surface area contributed by atoms with E-state index in [0.29, 0.717) is 132 Å². The molecule has 1 amide bonds. The number of carbonyl (C=O) groups excluding carboxylic acids is 1. The summed E-state index contributed by atoms with van der Waals surface area (Å²) in [6.45, 7) is 4.28. The highest BCUT2D eigenvalue weighted by molar-refractivity contribution is 7.92. The minimum atomic E-state index is -3.43. The van der Waals surface area contributed by atoms with Crippen LogP contribution in [0.25, 0.3) is 32.9 Å². The molecule has 13 rings (SSSR count). The van der Waals surface area contributed by atoms with Crippen molar-refractivity contribution in [1.82, 2.24) is 21.0 Å². The van der Waals surface area contributed by atoms with Crippen LogP contribution in [-0.2, 0) is 14.8 Å². The number of fused-ring (bicyclic) bond motifs is 3. The van der Waals surface area contributed by atoms with E-state index in [4.69, 9.17) is 123 Å². The molecule has 0 bridgehead atoms. The largest absolute Gasteiger partial charge is 0.492 e. The number of rotatable bonds is 15. The van der Waals surface area contributed by atoms with Crippen LogP contribution in [0.3, 0.4) is 0 Å². The molecule has 5 fully saturated rings. The van der Waals surface area contributed by atoms with Gasteiger partial charge >= 0.3 is 0 Å². The first-order valence-corrected chi connectivity index (χ1v) is 38.5. The summed E-state index contributed by atoms with van der Waals surface area (Å²) >= 11 is 29.9. The van der Waals surface area contributed by atoms with Crippen LogP contribution in [0.1, 0.15) is 179 Å². The monoisotopic (exact) mass is 1550 g/mol. The Morgan fingerprint density at radius 3 is 1.13 bits per heavy atom. The lowest BCUT2D eigenvalue weighted by atomic mass is 9.90. The summed E-state index contributed by atoms with van der Waals surface area (Å²) < 4.78 is 102. The molecule has 3 aromatic heterocycles. The highest BCUT2D eigenvalue weighted by Gasteiger charge is 2.22. The van der Waals surface area contributed by atoms with E-state index in [1.165, 1.54) is 178 Å². The third-order valence-corrected chi connectivity index (χ3v) is 20.2. The van der Waals surface area contributed by atoms with E-state index in [1.54, 1.807) is 42.5 Å². The smallest absolute Gasteiger partial charge is 0.240 e. The van der Waals surface area contributed by atoms with Crippen molar-refractivity contribution in [2.24, 2.45) is 29.6 Å². The molecule has 0 aliphatic heterocycles. The average Bonchev–Trinajstić information content (AvgIpc) is 1.68. The van der Waals surface area contributed by atoms with Gasteiger partial charge < -0.3 is 49.1 Å². The molecule has 0 spiro atoms. The van der Waals surface area contributed by atoms with E-state index >= 15 is 0 Å². The number of anilines is 3. The lowest BCUT2D eigenvalue weighted by Crippen LogP contribution is -2.15. The Labute approximate surface area is 623 Å². The number of benzene rings is 5. The van der Waals surface area contributed by atoms with E-state index in [9.17, 15) is 26.4 Å². The van der Waals surface area contributed by atoms with Crippen LogP contribution in [-0.4, -0.2) is 79.4 Å². The highest BCUT2D eigenvalue weighted by Crippen LogP contribution is 2.39. The zero-order valence-corrected chi connectivity index (χ0v) is 62.3. The van der Waals surface area contributed by atoms with Gasteiger partial charge in [0.15, 0.2) is 34.2 Å². The number of nitriles is 2. The van der Waals surface area contributed by atoms with Crippen molar-refractivity contribution in [2.45, 2.75) is 167 Å². The molecule has 103 heavy (non-hydrogen) atoms. The van der Waals surface area contributed by atoms with Crippen LogP contribution in [0.2, 0.25) is 25.1 Å². The van der Waals surface area contributed by atoms with Gasteiger partial charge in [0.2, 0.25) is 15.9 Å². The zero-order valence-electron chi connectivity index (χ0n) is 57.7. The number of amides is 1. The molecule has 5 aliphatic rings. The zero-order chi connectivity index (χ0) is 74.4. The van der Waals surface area contributed by atoms with Gasteiger partial charge in [-0.2, -0.15) is 10.5 Å². The van der Waals surface area contributed by atoms with Gasteiger partial charge in [0.25, 0.3) is 0 Å². The first kappa shape index (κ1) is 82.9. The van der Waals surface area contributed by atoms with E-state index in [0.717, 1.165) is 49.1 Å². The lowest BCUT2D eigenvalue weighted by Gasteiger charge is -2.22. The maximum absolute atomic E-state index is 13.4. The predicted octanol–water partition coefficient (Wildman–Crippen LogP) is 19.7. The molecule has 8 N–H and O–H groups in total. The topological polar surface area (TPSA) is 330 Å². The highest BCUT2D eigenvalue weighted by atomic mass is 35.5. The molecule has 5 aromatic carbocycles. The van der Waals surface area contributed by atoms with Crippen molar-refractivity contribution < 1.29 is 69.2 Å². The number of halogens is 8. The van der Waals surface area contributed by atoms with Crippen LogP contribution in [0.15, 0.2) is 74.2 Å². The number of aromatic nitrogens is 3. The van der Waals surface area contributed by atoms with Crippen molar-refractivity contribution >= 4 is 124 Å². The van der Waals surface area contributed by atoms with Crippen molar-refractivity contribution in [3.63, 3.8) is 0 Å². The lowest BCUT2D eigenvalue weighted by molar-refractivity contribution is -0.126. The van der Waals surface area contributed by atoms with Gasteiger partial charge in [0, 0.05) is 43.9 Å². The normalized spacial score (nSPS) is 15.9. The third kappa shape index (κ3) is 27.3. The first-order chi connectivity index (χ1) is 49.4. The number of hydroxylamine groups is 1. The van der Waals surface area contributed by atoms with Gasteiger partial charge in [0.05, 0.1) is 85.1 Å². The molecule has 30 heteroatoms. The Hall–Kier alpha value is -7.33. The number of nitrogens with two attached hydrogens (primary N) is 2. The first-order valence-electron chi connectivity index (χ1n) is 34.7. The van der Waals surface area contributed by atoms with Gasteiger partial charge in [0.1, 0.15) is 52.6 Å². The van der Waals surface area contributed by atoms with Crippen LogP contribution in [0, 0.1) is 69.7 Å². The summed E-state index contributed by atoms with van der Waals surface area (Å²) in [4.78, 5) is 9.45. The van der Waals surface area contributed by atoms with Gasteiger partial charge in [-0.3, -0.25) is 14.7 Å². The number of carbonyl (C=O) groups is 1. The van der Waals surface area contributed by atoms with E-state index in [1.807, 2.05) is 0 Å². The Bertz CT molecular complexity index is 4100. The fraction of sp³-hybridized carbons (Fsp3) is 0.507. The van der Waals surface area contributed by atoms with Crippen LogP contribution in [0.4, 0.5) is 30.6 Å². The summed E-state index contributed by atoms with van der Waals surface area (Å²) in [7, 11) is -3.43. The van der Waals surface area contributed by atoms with Gasteiger partial charge in [-0.25, -0.2) is 27.1 Å². The number of ether oxygens (including phenoxy) is 4. The molecule has 0 unspecified atom stereocenters. The summed E-state index contributed by atoms with van der Waals surface area (Å²) in [5.41, 5.74) is 14.1. The van der Waals surface area contributed by atoms with E-state index < -0.39 is 33.4 Å². The van der Waals surface area contributed by atoms with Gasteiger partial charge in [-0.05, 0) is 124 Å². The third-order valence-electron chi connectivity index (χ3n) is 18.1. The maximum Gasteiger partial charge on any atom is 0.240 e. The number of aliphatic hydroxyl groups is 1. The number of sulfonamides is 1. The second kappa shape index (κ2) is 42.6. The molecule has 21 nitrogen and oxygen atoms in total. The molecule has 5 aliphatic carbocycles. The van der Waals surface area contributed by atoms with E-state index in [-0.39, 0.29) is 22.0 Å². The van der Waals surface area contributed by atoms with Crippen LogP contribution < -0.4 is 40.6 Å². The minimum Gasteiger partial charge on any atom is -0.492 e. The summed E-state index contributed by atoms with van der Waals surface area (Å²) in [6, 6.07) is 17.6. The minimum absolute atomic E-state index is 0.0509. The Balaban J connectivity index is 0.000000174. The number of aliphatic hydroxyl groups excluding tert-OH is 1. The second-order valence-corrected chi connectivity index (χ2v) is 30.0. The maximum atomic E-state index is 13.4. The summed E-state index contributed by atoms with van der Waals surface area (Å²) in [5.74, 6) is 3.25. The summed E-state index contributed by atoms with van der Waals surface area (Å²) in [6.07, 6.45) is 32.8. The van der Waals surface area contributed by atoms with Gasteiger partial charge in [-0.15, -0.1) is 0 Å².